The second kappa shape index (κ2) is 6.73. The molecule has 3 heterocycles. The Morgan fingerprint density at radius 1 is 1.36 bits per heavy atom. The van der Waals surface area contributed by atoms with Crippen molar-refractivity contribution in [3.05, 3.63) is 40.6 Å². The Bertz CT molecular complexity index is 664. The number of hydrogen-bond donors (Lipinski definition) is 0. The SMILES string of the molecule is N#Cc1nccn1CC(=O)N1CCN(Cc2ccsc2)CC1. The first-order valence-electron chi connectivity index (χ1n) is 7.18. The van der Waals surface area contributed by atoms with E-state index >= 15 is 0 Å². The molecule has 1 amide bonds. The monoisotopic (exact) mass is 315 g/mol. The second-order valence-electron chi connectivity index (χ2n) is 5.28. The number of hydrogen-bond acceptors (Lipinski definition) is 5. The minimum atomic E-state index is 0.0460. The number of carbonyl (C=O) groups excluding carboxylic acids is 1. The van der Waals surface area contributed by atoms with E-state index in [4.69, 9.17) is 5.26 Å². The fourth-order valence-electron chi connectivity index (χ4n) is 2.59. The van der Waals surface area contributed by atoms with Crippen molar-refractivity contribution in [2.45, 2.75) is 13.1 Å². The number of imidazole rings is 1. The van der Waals surface area contributed by atoms with Crippen molar-refractivity contribution < 1.29 is 4.79 Å². The van der Waals surface area contributed by atoms with Crippen molar-refractivity contribution in [2.24, 2.45) is 0 Å². The first-order valence-corrected chi connectivity index (χ1v) is 8.13. The van der Waals surface area contributed by atoms with Crippen LogP contribution < -0.4 is 0 Å². The largest absolute Gasteiger partial charge is 0.339 e. The molecule has 7 heteroatoms. The van der Waals surface area contributed by atoms with E-state index in [1.165, 1.54) is 5.56 Å². The van der Waals surface area contributed by atoms with Gasteiger partial charge in [0.1, 0.15) is 12.6 Å². The lowest BCUT2D eigenvalue weighted by Crippen LogP contribution is -2.49. The summed E-state index contributed by atoms with van der Waals surface area (Å²) in [4.78, 5) is 20.5. The molecule has 2 aromatic heterocycles. The van der Waals surface area contributed by atoms with Gasteiger partial charge in [-0.3, -0.25) is 9.69 Å². The molecule has 0 spiro atoms. The van der Waals surface area contributed by atoms with Crippen molar-refractivity contribution in [1.29, 1.82) is 5.26 Å². The summed E-state index contributed by atoms with van der Waals surface area (Å²) in [6, 6.07) is 4.13. The van der Waals surface area contributed by atoms with Crippen LogP contribution in [0.3, 0.4) is 0 Å². The Labute approximate surface area is 133 Å². The van der Waals surface area contributed by atoms with E-state index < -0.39 is 0 Å². The number of aromatic nitrogens is 2. The Morgan fingerprint density at radius 2 is 2.18 bits per heavy atom. The quantitative estimate of drug-likeness (QED) is 0.849. The highest BCUT2D eigenvalue weighted by atomic mass is 32.1. The summed E-state index contributed by atoms with van der Waals surface area (Å²) >= 11 is 1.71. The summed E-state index contributed by atoms with van der Waals surface area (Å²) in [6.45, 7) is 4.38. The zero-order chi connectivity index (χ0) is 15.4. The molecular formula is C15H17N5OS. The van der Waals surface area contributed by atoms with E-state index in [2.05, 4.69) is 26.7 Å². The zero-order valence-electron chi connectivity index (χ0n) is 12.2. The van der Waals surface area contributed by atoms with Crippen LogP contribution in [0.2, 0.25) is 0 Å². The van der Waals surface area contributed by atoms with Crippen LogP contribution in [0.15, 0.2) is 29.2 Å². The number of carbonyl (C=O) groups is 1. The van der Waals surface area contributed by atoms with E-state index in [1.807, 2.05) is 11.0 Å². The average molecular weight is 315 g/mol. The van der Waals surface area contributed by atoms with E-state index in [1.54, 1.807) is 28.3 Å². The van der Waals surface area contributed by atoms with Gasteiger partial charge in [0.05, 0.1) is 0 Å². The molecule has 0 aromatic carbocycles. The molecule has 1 aliphatic rings. The van der Waals surface area contributed by atoms with Crippen LogP contribution in [0.25, 0.3) is 0 Å². The molecule has 0 unspecified atom stereocenters. The molecule has 1 saturated heterocycles. The molecule has 1 fully saturated rings. The van der Waals surface area contributed by atoms with Gasteiger partial charge in [-0.05, 0) is 22.4 Å². The minimum absolute atomic E-state index is 0.0460. The Hall–Kier alpha value is -2.17. The molecule has 3 rings (SSSR count). The van der Waals surface area contributed by atoms with Crippen LogP contribution >= 0.6 is 11.3 Å². The summed E-state index contributed by atoms with van der Waals surface area (Å²) in [6.07, 6.45) is 3.22. The predicted molar refractivity (Wildman–Crippen MR) is 83.1 cm³/mol. The molecule has 114 valence electrons. The van der Waals surface area contributed by atoms with E-state index in [0.717, 1.165) is 32.7 Å². The third-order valence-corrected chi connectivity index (χ3v) is 4.56. The van der Waals surface area contributed by atoms with Crippen LogP contribution in [0.4, 0.5) is 0 Å². The average Bonchev–Trinajstić information content (AvgIpc) is 3.19. The van der Waals surface area contributed by atoms with E-state index in [9.17, 15) is 4.79 Å². The summed E-state index contributed by atoms with van der Waals surface area (Å²) in [5, 5.41) is 13.2. The smallest absolute Gasteiger partial charge is 0.242 e. The molecule has 0 aliphatic carbocycles. The summed E-state index contributed by atoms with van der Waals surface area (Å²) in [5.41, 5.74) is 1.34. The molecule has 0 atom stereocenters. The zero-order valence-corrected chi connectivity index (χ0v) is 13.0. The maximum atomic E-state index is 12.3. The Morgan fingerprint density at radius 3 is 2.86 bits per heavy atom. The lowest BCUT2D eigenvalue weighted by Gasteiger charge is -2.34. The van der Waals surface area contributed by atoms with Crippen LogP contribution in [0.1, 0.15) is 11.4 Å². The van der Waals surface area contributed by atoms with Crippen LogP contribution in [0, 0.1) is 11.3 Å². The Kier molecular flexibility index (Phi) is 4.51. The van der Waals surface area contributed by atoms with Gasteiger partial charge in [0.15, 0.2) is 0 Å². The number of thiophene rings is 1. The van der Waals surface area contributed by atoms with Gasteiger partial charge in [0, 0.05) is 45.1 Å². The number of nitrogens with zero attached hydrogens (tertiary/aromatic N) is 5. The molecule has 0 bridgehead atoms. The number of piperazine rings is 1. The maximum Gasteiger partial charge on any atom is 0.242 e. The third kappa shape index (κ3) is 3.35. The van der Waals surface area contributed by atoms with Gasteiger partial charge < -0.3 is 9.47 Å². The standard InChI is InChI=1S/C15H17N5OS/c16-9-14-17-2-3-20(14)11-15(21)19-6-4-18(5-7-19)10-13-1-8-22-12-13/h1-3,8,12H,4-7,10-11H2. The van der Waals surface area contributed by atoms with Gasteiger partial charge in [-0.15, -0.1) is 0 Å². The third-order valence-electron chi connectivity index (χ3n) is 3.83. The van der Waals surface area contributed by atoms with Crippen molar-refractivity contribution in [1.82, 2.24) is 19.4 Å². The molecule has 6 nitrogen and oxygen atoms in total. The fourth-order valence-corrected chi connectivity index (χ4v) is 3.25. The highest BCUT2D eigenvalue weighted by Crippen LogP contribution is 2.12. The molecule has 2 aromatic rings. The number of amides is 1. The molecular weight excluding hydrogens is 298 g/mol. The van der Waals surface area contributed by atoms with Gasteiger partial charge in [0.25, 0.3) is 0 Å². The predicted octanol–water partition coefficient (Wildman–Crippen LogP) is 1.16. The maximum absolute atomic E-state index is 12.3. The lowest BCUT2D eigenvalue weighted by molar-refractivity contribution is -0.133. The van der Waals surface area contributed by atoms with Gasteiger partial charge in [-0.25, -0.2) is 4.98 Å². The molecule has 1 aliphatic heterocycles. The first kappa shape index (κ1) is 14.8. The molecule has 0 radical (unpaired) electrons. The van der Waals surface area contributed by atoms with Crippen molar-refractivity contribution in [3.63, 3.8) is 0 Å². The fraction of sp³-hybridized carbons (Fsp3) is 0.400. The highest BCUT2D eigenvalue weighted by Gasteiger charge is 2.21. The number of rotatable bonds is 4. The van der Waals surface area contributed by atoms with Crippen molar-refractivity contribution in [2.75, 3.05) is 26.2 Å². The van der Waals surface area contributed by atoms with Gasteiger partial charge in [-0.2, -0.15) is 16.6 Å². The highest BCUT2D eigenvalue weighted by molar-refractivity contribution is 7.07. The van der Waals surface area contributed by atoms with Gasteiger partial charge >= 0.3 is 0 Å². The summed E-state index contributed by atoms with van der Waals surface area (Å²) in [5.74, 6) is 0.328. The summed E-state index contributed by atoms with van der Waals surface area (Å²) < 4.78 is 1.60. The molecule has 0 saturated carbocycles. The topological polar surface area (TPSA) is 65.2 Å². The lowest BCUT2D eigenvalue weighted by atomic mass is 10.2. The number of nitriles is 1. The van der Waals surface area contributed by atoms with Crippen LogP contribution in [-0.2, 0) is 17.9 Å². The van der Waals surface area contributed by atoms with Crippen LogP contribution in [-0.4, -0.2) is 51.4 Å². The Balaban J connectivity index is 1.51. The van der Waals surface area contributed by atoms with Crippen molar-refractivity contribution in [3.8, 4) is 6.07 Å². The van der Waals surface area contributed by atoms with E-state index in [-0.39, 0.29) is 18.3 Å². The van der Waals surface area contributed by atoms with Gasteiger partial charge in [0.2, 0.25) is 11.7 Å². The normalized spacial score (nSPS) is 15.7. The van der Waals surface area contributed by atoms with Crippen molar-refractivity contribution >= 4 is 17.2 Å². The minimum Gasteiger partial charge on any atom is -0.339 e. The molecule has 0 N–H and O–H groups in total. The van der Waals surface area contributed by atoms with E-state index in [0.29, 0.717) is 0 Å². The van der Waals surface area contributed by atoms with Gasteiger partial charge in [-0.1, -0.05) is 0 Å². The summed E-state index contributed by atoms with van der Waals surface area (Å²) in [7, 11) is 0. The second-order valence-corrected chi connectivity index (χ2v) is 6.06. The van der Waals surface area contributed by atoms with Crippen LogP contribution in [0.5, 0.6) is 0 Å². The first-order chi connectivity index (χ1) is 10.8. The molecule has 22 heavy (non-hydrogen) atoms.